The highest BCUT2D eigenvalue weighted by Crippen LogP contribution is 2.18. The maximum atomic E-state index is 12.2. The van der Waals surface area contributed by atoms with Crippen LogP contribution >= 0.6 is 11.3 Å². The molecule has 2 rings (SSSR count). The first kappa shape index (κ1) is 18.4. The minimum Gasteiger partial charge on any atom is -0.487 e. The fourth-order valence-electron chi connectivity index (χ4n) is 1.80. The zero-order chi connectivity index (χ0) is 18.4. The molecule has 0 aliphatic carbocycles. The van der Waals surface area contributed by atoms with Crippen molar-refractivity contribution in [2.75, 3.05) is 6.54 Å². The van der Waals surface area contributed by atoms with Crippen molar-refractivity contribution >= 4 is 29.2 Å². The molecule has 1 amide bonds. The molecule has 132 valence electrons. The van der Waals surface area contributed by atoms with Crippen LogP contribution < -0.4 is 10.1 Å². The molecule has 2 aromatic rings. The molecule has 0 bridgehead atoms. The second-order valence-electron chi connectivity index (χ2n) is 5.42. The molecule has 0 fully saturated rings. The number of carboxylic acid groups (broad SMARTS) is 2. The summed E-state index contributed by atoms with van der Waals surface area (Å²) in [7, 11) is 0. The molecule has 3 N–H and O–H groups in total. The molecule has 0 atom stereocenters. The van der Waals surface area contributed by atoms with Gasteiger partial charge in [-0.25, -0.2) is 4.98 Å². The second-order valence-corrected chi connectivity index (χ2v) is 6.14. The Kier molecular flexibility index (Phi) is 5.71. The first-order valence-electron chi connectivity index (χ1n) is 7.18. The number of amides is 1. The molecule has 1 heterocycles. The van der Waals surface area contributed by atoms with Crippen LogP contribution in [-0.2, 0) is 16.2 Å². The Labute approximate surface area is 147 Å². The average molecular weight is 364 g/mol. The number of ether oxygens (including phenoxy) is 1. The van der Waals surface area contributed by atoms with Crippen LogP contribution in [0.2, 0.25) is 0 Å². The number of aromatic nitrogens is 1. The Hall–Kier alpha value is -2.94. The number of carboxylic acids is 2. The van der Waals surface area contributed by atoms with Gasteiger partial charge in [0.15, 0.2) is 5.41 Å². The summed E-state index contributed by atoms with van der Waals surface area (Å²) in [6, 6.07) is 6.28. The molecular weight excluding hydrogens is 348 g/mol. The van der Waals surface area contributed by atoms with Crippen molar-refractivity contribution in [1.29, 1.82) is 0 Å². The van der Waals surface area contributed by atoms with Gasteiger partial charge in [0.2, 0.25) is 0 Å². The lowest BCUT2D eigenvalue weighted by molar-refractivity contribution is -0.162. The van der Waals surface area contributed by atoms with E-state index in [0.29, 0.717) is 5.75 Å². The predicted molar refractivity (Wildman–Crippen MR) is 88.6 cm³/mol. The number of benzene rings is 1. The van der Waals surface area contributed by atoms with Gasteiger partial charge >= 0.3 is 11.9 Å². The summed E-state index contributed by atoms with van der Waals surface area (Å²) in [5.41, 5.74) is 0.575. The van der Waals surface area contributed by atoms with Crippen LogP contribution in [0.25, 0.3) is 0 Å². The van der Waals surface area contributed by atoms with Crippen LogP contribution in [0.1, 0.15) is 23.0 Å². The SMILES string of the molecule is CC(CNC(=O)c1cccc(OCc2cscn2)c1)(C(=O)O)C(=O)O. The molecular formula is C16H16N2O6S. The Morgan fingerprint density at radius 3 is 2.60 bits per heavy atom. The molecule has 0 saturated heterocycles. The van der Waals surface area contributed by atoms with Crippen LogP contribution in [0, 0.1) is 5.41 Å². The lowest BCUT2D eigenvalue weighted by atomic mass is 9.91. The number of carbonyl (C=O) groups excluding carboxylic acids is 1. The van der Waals surface area contributed by atoms with E-state index >= 15 is 0 Å². The summed E-state index contributed by atoms with van der Waals surface area (Å²) < 4.78 is 5.54. The molecule has 8 nitrogen and oxygen atoms in total. The molecule has 0 saturated carbocycles. The van der Waals surface area contributed by atoms with Gasteiger partial charge in [-0.2, -0.15) is 0 Å². The van der Waals surface area contributed by atoms with E-state index in [1.165, 1.54) is 23.5 Å². The third-order valence-electron chi connectivity index (χ3n) is 3.51. The van der Waals surface area contributed by atoms with Gasteiger partial charge in [-0.15, -0.1) is 11.3 Å². The summed E-state index contributed by atoms with van der Waals surface area (Å²) in [6.07, 6.45) is 0. The van der Waals surface area contributed by atoms with Gasteiger partial charge in [0.25, 0.3) is 5.91 Å². The van der Waals surface area contributed by atoms with E-state index in [4.69, 9.17) is 14.9 Å². The quantitative estimate of drug-likeness (QED) is 0.608. The van der Waals surface area contributed by atoms with Crippen LogP contribution in [0.5, 0.6) is 5.75 Å². The maximum absolute atomic E-state index is 12.2. The fourth-order valence-corrected chi connectivity index (χ4v) is 2.34. The highest BCUT2D eigenvalue weighted by atomic mass is 32.1. The number of thiazole rings is 1. The van der Waals surface area contributed by atoms with E-state index in [1.54, 1.807) is 17.6 Å². The van der Waals surface area contributed by atoms with Gasteiger partial charge in [-0.05, 0) is 25.1 Å². The summed E-state index contributed by atoms with van der Waals surface area (Å²) in [5, 5.41) is 22.2. The van der Waals surface area contributed by atoms with Gasteiger partial charge < -0.3 is 20.3 Å². The number of aliphatic carboxylic acids is 2. The standard InChI is InChI=1S/C16H16N2O6S/c1-16(14(20)21,15(22)23)8-17-13(19)10-3-2-4-12(5-10)24-6-11-7-25-9-18-11/h2-5,7,9H,6,8H2,1H3,(H,17,19)(H,20,21)(H,22,23). The first-order chi connectivity index (χ1) is 11.8. The molecule has 0 radical (unpaired) electrons. The molecule has 1 aromatic heterocycles. The van der Waals surface area contributed by atoms with Crippen LogP contribution in [0.4, 0.5) is 0 Å². The minimum atomic E-state index is -2.10. The van der Waals surface area contributed by atoms with Crippen molar-refractivity contribution in [2.45, 2.75) is 13.5 Å². The van der Waals surface area contributed by atoms with Gasteiger partial charge in [0.05, 0.1) is 11.2 Å². The van der Waals surface area contributed by atoms with E-state index in [-0.39, 0.29) is 12.2 Å². The zero-order valence-electron chi connectivity index (χ0n) is 13.3. The number of nitrogens with zero attached hydrogens (tertiary/aromatic N) is 1. The smallest absolute Gasteiger partial charge is 0.322 e. The third kappa shape index (κ3) is 4.54. The molecule has 9 heteroatoms. The second kappa shape index (κ2) is 7.75. The molecule has 0 aliphatic heterocycles. The summed E-state index contributed by atoms with van der Waals surface area (Å²) in [4.78, 5) is 38.5. The number of carbonyl (C=O) groups is 3. The van der Waals surface area contributed by atoms with Crippen molar-refractivity contribution in [3.05, 3.63) is 46.4 Å². The van der Waals surface area contributed by atoms with Crippen molar-refractivity contribution in [3.8, 4) is 5.75 Å². The fraction of sp³-hybridized carbons (Fsp3) is 0.250. The van der Waals surface area contributed by atoms with E-state index in [9.17, 15) is 14.4 Å². The third-order valence-corrected chi connectivity index (χ3v) is 4.15. The summed E-state index contributed by atoms with van der Waals surface area (Å²) in [6.45, 7) is 0.746. The average Bonchev–Trinajstić information content (AvgIpc) is 3.11. The maximum Gasteiger partial charge on any atom is 0.322 e. The van der Waals surface area contributed by atoms with E-state index in [0.717, 1.165) is 12.6 Å². The lowest BCUT2D eigenvalue weighted by Gasteiger charge is -2.20. The van der Waals surface area contributed by atoms with Crippen LogP contribution in [0.15, 0.2) is 35.2 Å². The highest BCUT2D eigenvalue weighted by molar-refractivity contribution is 7.07. The number of hydrogen-bond acceptors (Lipinski definition) is 6. The highest BCUT2D eigenvalue weighted by Gasteiger charge is 2.42. The topological polar surface area (TPSA) is 126 Å². The Bertz CT molecular complexity index is 761. The van der Waals surface area contributed by atoms with Crippen molar-refractivity contribution in [1.82, 2.24) is 10.3 Å². The van der Waals surface area contributed by atoms with Crippen molar-refractivity contribution in [2.24, 2.45) is 5.41 Å². The number of rotatable bonds is 8. The van der Waals surface area contributed by atoms with Crippen LogP contribution in [0.3, 0.4) is 0 Å². The van der Waals surface area contributed by atoms with E-state index in [2.05, 4.69) is 10.3 Å². The monoisotopic (exact) mass is 364 g/mol. The van der Waals surface area contributed by atoms with Gasteiger partial charge in [-0.1, -0.05) is 6.07 Å². The van der Waals surface area contributed by atoms with Crippen molar-refractivity contribution < 1.29 is 29.3 Å². The summed E-state index contributed by atoms with van der Waals surface area (Å²) in [5.74, 6) is -3.20. The minimum absolute atomic E-state index is 0.230. The molecule has 1 aromatic carbocycles. The normalized spacial score (nSPS) is 10.9. The molecule has 25 heavy (non-hydrogen) atoms. The van der Waals surface area contributed by atoms with Crippen LogP contribution in [-0.4, -0.2) is 39.6 Å². The van der Waals surface area contributed by atoms with Gasteiger partial charge in [0.1, 0.15) is 12.4 Å². The van der Waals surface area contributed by atoms with Gasteiger partial charge in [-0.3, -0.25) is 14.4 Å². The molecule has 0 spiro atoms. The number of hydrogen-bond donors (Lipinski definition) is 3. The van der Waals surface area contributed by atoms with E-state index < -0.39 is 29.8 Å². The molecule has 0 aliphatic rings. The lowest BCUT2D eigenvalue weighted by Crippen LogP contribution is -2.46. The molecule has 0 unspecified atom stereocenters. The Balaban J connectivity index is 2.00. The Morgan fingerprint density at radius 2 is 2.00 bits per heavy atom. The van der Waals surface area contributed by atoms with E-state index in [1.807, 2.05) is 5.38 Å². The predicted octanol–water partition coefficient (Wildman–Crippen LogP) is 1.63. The Morgan fingerprint density at radius 1 is 1.28 bits per heavy atom. The number of nitrogens with one attached hydrogen (secondary N) is 1. The largest absolute Gasteiger partial charge is 0.487 e. The first-order valence-corrected chi connectivity index (χ1v) is 8.12. The summed E-state index contributed by atoms with van der Waals surface area (Å²) >= 11 is 1.45. The van der Waals surface area contributed by atoms with Gasteiger partial charge in [0, 0.05) is 17.5 Å². The zero-order valence-corrected chi connectivity index (χ0v) is 14.1. The van der Waals surface area contributed by atoms with Crippen molar-refractivity contribution in [3.63, 3.8) is 0 Å².